The lowest BCUT2D eigenvalue weighted by Gasteiger charge is -2.28. The van der Waals surface area contributed by atoms with E-state index in [-0.39, 0.29) is 25.7 Å². The van der Waals surface area contributed by atoms with E-state index in [0.29, 0.717) is 0 Å². The molecule has 1 N–H and O–H groups in total. The summed E-state index contributed by atoms with van der Waals surface area (Å²) in [6.45, 7) is -1.63. The van der Waals surface area contributed by atoms with E-state index in [1.54, 1.807) is 5.48 Å². The molecule has 1 amide bonds. The van der Waals surface area contributed by atoms with Gasteiger partial charge in [-0.05, 0) is 25.7 Å². The number of hydroxylamine groups is 1. The Morgan fingerprint density at radius 1 is 1.05 bits per heavy atom. The van der Waals surface area contributed by atoms with E-state index in [2.05, 4.69) is 4.84 Å². The first-order chi connectivity index (χ1) is 8.59. The number of nitrogens with one attached hydrogen (secondary N) is 1. The lowest BCUT2D eigenvalue weighted by atomic mass is 9.81. The average molecular weight is 293 g/mol. The largest absolute Gasteiger partial charge is 0.414 e. The SMILES string of the molecule is O=C(NOCC(F)(F)F)C1CCC(C(F)(F)F)CC1. The van der Waals surface area contributed by atoms with Crippen LogP contribution in [0.1, 0.15) is 25.7 Å². The summed E-state index contributed by atoms with van der Waals surface area (Å²) in [7, 11) is 0. The van der Waals surface area contributed by atoms with Crippen molar-refractivity contribution in [1.82, 2.24) is 5.48 Å². The lowest BCUT2D eigenvalue weighted by Crippen LogP contribution is -2.37. The number of carbonyl (C=O) groups excluding carboxylic acids is 1. The molecule has 1 fully saturated rings. The molecule has 19 heavy (non-hydrogen) atoms. The minimum Gasteiger partial charge on any atom is -0.273 e. The number of carbonyl (C=O) groups is 1. The van der Waals surface area contributed by atoms with Gasteiger partial charge in [-0.15, -0.1) is 0 Å². The zero-order chi connectivity index (χ0) is 14.7. The number of rotatable bonds is 3. The zero-order valence-corrected chi connectivity index (χ0v) is 9.77. The van der Waals surface area contributed by atoms with Crippen LogP contribution in [0.3, 0.4) is 0 Å². The Kier molecular flexibility index (Phi) is 5.05. The summed E-state index contributed by atoms with van der Waals surface area (Å²) < 4.78 is 72.2. The third kappa shape index (κ3) is 5.66. The average Bonchev–Trinajstić information content (AvgIpc) is 2.26. The van der Waals surface area contributed by atoms with Gasteiger partial charge in [0.15, 0.2) is 6.61 Å². The molecule has 3 nitrogen and oxygen atoms in total. The topological polar surface area (TPSA) is 38.3 Å². The molecule has 0 bridgehead atoms. The Morgan fingerprint density at radius 2 is 1.58 bits per heavy atom. The highest BCUT2D eigenvalue weighted by molar-refractivity contribution is 5.77. The summed E-state index contributed by atoms with van der Waals surface area (Å²) in [5.74, 6) is -2.97. The van der Waals surface area contributed by atoms with Crippen LogP contribution in [0.15, 0.2) is 0 Å². The second-order valence-electron chi connectivity index (χ2n) is 4.46. The summed E-state index contributed by atoms with van der Waals surface area (Å²) in [5, 5.41) is 0. The van der Waals surface area contributed by atoms with Crippen molar-refractivity contribution >= 4 is 5.91 Å². The van der Waals surface area contributed by atoms with Crippen molar-refractivity contribution in [3.8, 4) is 0 Å². The first-order valence-corrected chi connectivity index (χ1v) is 5.64. The van der Waals surface area contributed by atoms with E-state index >= 15 is 0 Å². The first kappa shape index (κ1) is 16.1. The molecule has 1 aliphatic rings. The Balaban J connectivity index is 2.29. The zero-order valence-electron chi connectivity index (χ0n) is 9.77. The molecule has 0 aromatic rings. The lowest BCUT2D eigenvalue weighted by molar-refractivity contribution is -0.196. The summed E-state index contributed by atoms with van der Waals surface area (Å²) in [4.78, 5) is 15.3. The van der Waals surface area contributed by atoms with Crippen LogP contribution in [0.2, 0.25) is 0 Å². The predicted molar refractivity (Wildman–Crippen MR) is 51.7 cm³/mol. The van der Waals surface area contributed by atoms with Crippen molar-refractivity contribution in [3.05, 3.63) is 0 Å². The molecule has 1 rings (SSSR count). The van der Waals surface area contributed by atoms with Crippen LogP contribution in [0.4, 0.5) is 26.3 Å². The van der Waals surface area contributed by atoms with Crippen molar-refractivity contribution in [2.75, 3.05) is 6.61 Å². The molecular formula is C10H13F6NO2. The van der Waals surface area contributed by atoms with E-state index in [9.17, 15) is 31.1 Å². The summed E-state index contributed by atoms with van der Waals surface area (Å²) >= 11 is 0. The molecule has 0 aromatic carbocycles. The molecule has 1 aliphatic carbocycles. The fourth-order valence-electron chi connectivity index (χ4n) is 1.96. The third-order valence-corrected chi connectivity index (χ3v) is 2.97. The van der Waals surface area contributed by atoms with Gasteiger partial charge in [0.25, 0.3) is 0 Å². The highest BCUT2D eigenvalue weighted by Gasteiger charge is 2.42. The molecule has 0 aromatic heterocycles. The quantitative estimate of drug-likeness (QED) is 0.642. The van der Waals surface area contributed by atoms with Gasteiger partial charge in [0.2, 0.25) is 5.91 Å². The molecule has 0 saturated heterocycles. The van der Waals surface area contributed by atoms with E-state index in [4.69, 9.17) is 0 Å². The van der Waals surface area contributed by atoms with E-state index < -0.39 is 36.7 Å². The Labute approximate surface area is 105 Å². The van der Waals surface area contributed by atoms with Gasteiger partial charge in [0.05, 0.1) is 5.92 Å². The van der Waals surface area contributed by atoms with Crippen LogP contribution >= 0.6 is 0 Å². The number of halogens is 6. The molecule has 0 heterocycles. The van der Waals surface area contributed by atoms with Gasteiger partial charge in [-0.1, -0.05) is 0 Å². The summed E-state index contributed by atoms with van der Waals surface area (Å²) in [6.07, 6.45) is -9.26. The minimum atomic E-state index is -4.57. The monoisotopic (exact) mass is 293 g/mol. The molecular weight excluding hydrogens is 280 g/mol. The number of alkyl halides is 6. The second kappa shape index (κ2) is 5.98. The fraction of sp³-hybridized carbons (Fsp3) is 0.900. The van der Waals surface area contributed by atoms with Gasteiger partial charge < -0.3 is 0 Å². The molecule has 0 radical (unpaired) electrons. The Hall–Kier alpha value is -0.990. The molecule has 0 aliphatic heterocycles. The Bertz CT molecular complexity index is 306. The maximum Gasteiger partial charge on any atom is 0.414 e. The van der Waals surface area contributed by atoms with Crippen LogP contribution in [0.5, 0.6) is 0 Å². The molecule has 0 atom stereocenters. The second-order valence-corrected chi connectivity index (χ2v) is 4.46. The van der Waals surface area contributed by atoms with Crippen LogP contribution in [0, 0.1) is 11.8 Å². The predicted octanol–water partition coefficient (Wildman–Crippen LogP) is 2.97. The van der Waals surface area contributed by atoms with Gasteiger partial charge in [0, 0.05) is 5.92 Å². The van der Waals surface area contributed by atoms with Gasteiger partial charge in [-0.3, -0.25) is 9.63 Å². The van der Waals surface area contributed by atoms with Crippen LogP contribution in [0.25, 0.3) is 0 Å². The maximum atomic E-state index is 12.4. The van der Waals surface area contributed by atoms with Crippen molar-refractivity contribution in [1.29, 1.82) is 0 Å². The number of hydrogen-bond donors (Lipinski definition) is 1. The minimum absolute atomic E-state index is 0.00854. The van der Waals surface area contributed by atoms with Crippen LogP contribution in [-0.4, -0.2) is 24.9 Å². The van der Waals surface area contributed by atoms with Crippen LogP contribution < -0.4 is 5.48 Å². The normalized spacial score (nSPS) is 25.2. The van der Waals surface area contributed by atoms with Crippen molar-refractivity contribution < 1.29 is 36.0 Å². The molecule has 112 valence electrons. The van der Waals surface area contributed by atoms with Crippen molar-refractivity contribution in [3.63, 3.8) is 0 Å². The number of hydrogen-bond acceptors (Lipinski definition) is 2. The fourth-order valence-corrected chi connectivity index (χ4v) is 1.96. The molecule has 0 unspecified atom stereocenters. The Morgan fingerprint density at radius 3 is 2.00 bits per heavy atom. The highest BCUT2D eigenvalue weighted by Crippen LogP contribution is 2.39. The highest BCUT2D eigenvalue weighted by atomic mass is 19.4. The standard InChI is InChI=1S/C10H13F6NO2/c11-9(12,13)5-19-17-8(18)6-1-3-7(4-2-6)10(14,15)16/h6-7H,1-5H2,(H,17,18). The molecule has 0 spiro atoms. The van der Waals surface area contributed by atoms with Crippen LogP contribution in [-0.2, 0) is 9.63 Å². The summed E-state index contributed by atoms with van der Waals surface area (Å²) in [6, 6.07) is 0. The number of amides is 1. The van der Waals surface area contributed by atoms with E-state index in [1.165, 1.54) is 0 Å². The van der Waals surface area contributed by atoms with Gasteiger partial charge in [-0.25, -0.2) is 5.48 Å². The first-order valence-electron chi connectivity index (χ1n) is 5.64. The van der Waals surface area contributed by atoms with E-state index in [1.807, 2.05) is 0 Å². The summed E-state index contributed by atoms with van der Waals surface area (Å²) in [5.41, 5.74) is 1.62. The molecule has 9 heteroatoms. The molecule has 1 saturated carbocycles. The third-order valence-electron chi connectivity index (χ3n) is 2.97. The smallest absolute Gasteiger partial charge is 0.273 e. The maximum absolute atomic E-state index is 12.4. The van der Waals surface area contributed by atoms with Gasteiger partial charge >= 0.3 is 12.4 Å². The van der Waals surface area contributed by atoms with Crippen molar-refractivity contribution in [2.24, 2.45) is 11.8 Å². The van der Waals surface area contributed by atoms with Gasteiger partial charge in [-0.2, -0.15) is 26.3 Å². The van der Waals surface area contributed by atoms with E-state index in [0.717, 1.165) is 0 Å². The van der Waals surface area contributed by atoms with Gasteiger partial charge in [0.1, 0.15) is 0 Å². The van der Waals surface area contributed by atoms with Crippen molar-refractivity contribution in [2.45, 2.75) is 38.0 Å².